The minimum Gasteiger partial charge on any atom is -0.392 e. The van der Waals surface area contributed by atoms with Gasteiger partial charge < -0.3 is 15.3 Å². The van der Waals surface area contributed by atoms with E-state index in [1.54, 1.807) is 0 Å². The van der Waals surface area contributed by atoms with E-state index in [2.05, 4.69) is 57.3 Å². The average molecular weight is 355 g/mol. The van der Waals surface area contributed by atoms with Crippen molar-refractivity contribution in [1.82, 2.24) is 10.2 Å². The number of aliphatic hydroxyl groups excluding tert-OH is 1. The normalized spacial score (nSPS) is 21.4. The van der Waals surface area contributed by atoms with Crippen molar-refractivity contribution in [3.05, 3.63) is 34.3 Å². The maximum atomic E-state index is 9.78. The Kier molecular flexibility index (Phi) is 7.17. The van der Waals surface area contributed by atoms with Crippen LogP contribution in [0.5, 0.6) is 0 Å². The van der Waals surface area contributed by atoms with Gasteiger partial charge in [0.2, 0.25) is 0 Å². The molecular weight excluding hydrogens is 328 g/mol. The molecule has 1 aromatic rings. The molecule has 0 aliphatic carbocycles. The Hall–Kier alpha value is -0.420. The van der Waals surface area contributed by atoms with E-state index in [0.29, 0.717) is 6.04 Å². The molecule has 0 saturated carbocycles. The van der Waals surface area contributed by atoms with Crippen molar-refractivity contribution in [2.45, 2.75) is 44.8 Å². The predicted octanol–water partition coefficient (Wildman–Crippen LogP) is 3.34. The Morgan fingerprint density at radius 3 is 3.05 bits per heavy atom. The van der Waals surface area contributed by atoms with Gasteiger partial charge in [-0.05, 0) is 56.5 Å². The van der Waals surface area contributed by atoms with Gasteiger partial charge in [-0.2, -0.15) is 0 Å². The average Bonchev–Trinajstić information content (AvgIpc) is 2.47. The van der Waals surface area contributed by atoms with Crippen molar-refractivity contribution in [2.24, 2.45) is 0 Å². The summed E-state index contributed by atoms with van der Waals surface area (Å²) < 4.78 is 1.14. The maximum absolute atomic E-state index is 9.78. The lowest BCUT2D eigenvalue weighted by atomic mass is 10.0. The maximum Gasteiger partial charge on any atom is 0.0667 e. The summed E-state index contributed by atoms with van der Waals surface area (Å²) in [4.78, 5) is 2.40. The lowest BCUT2D eigenvalue weighted by Gasteiger charge is -2.31. The van der Waals surface area contributed by atoms with Crippen molar-refractivity contribution in [1.29, 1.82) is 0 Å². The van der Waals surface area contributed by atoms with E-state index in [-0.39, 0.29) is 6.10 Å². The van der Waals surface area contributed by atoms with Crippen molar-refractivity contribution >= 4 is 15.9 Å². The Labute approximate surface area is 136 Å². The number of aliphatic hydroxyl groups is 1. The molecule has 0 radical (unpaired) electrons. The van der Waals surface area contributed by atoms with Crippen LogP contribution in [0.4, 0.5) is 0 Å². The molecule has 2 atom stereocenters. The quantitative estimate of drug-likeness (QED) is 0.788. The summed E-state index contributed by atoms with van der Waals surface area (Å²) in [6.07, 6.45) is 4.17. The number of nitrogens with zero attached hydrogens (tertiary/aromatic N) is 1. The van der Waals surface area contributed by atoms with Crippen LogP contribution >= 0.6 is 15.9 Å². The first-order chi connectivity index (χ1) is 10.2. The fraction of sp³-hybridized carbons (Fsp3) is 0.647. The highest BCUT2D eigenvalue weighted by Gasteiger charge is 2.19. The van der Waals surface area contributed by atoms with Gasteiger partial charge in [0.15, 0.2) is 0 Å². The van der Waals surface area contributed by atoms with Gasteiger partial charge in [0, 0.05) is 23.6 Å². The number of halogens is 1. The van der Waals surface area contributed by atoms with Gasteiger partial charge in [-0.1, -0.05) is 35.0 Å². The Balaban J connectivity index is 1.92. The zero-order valence-corrected chi connectivity index (χ0v) is 14.5. The highest BCUT2D eigenvalue weighted by molar-refractivity contribution is 9.10. The molecule has 4 heteroatoms. The summed E-state index contributed by atoms with van der Waals surface area (Å²) in [6.45, 7) is 6.24. The van der Waals surface area contributed by atoms with E-state index >= 15 is 0 Å². The summed E-state index contributed by atoms with van der Waals surface area (Å²) in [5.74, 6) is 0. The second-order valence-corrected chi connectivity index (χ2v) is 6.86. The van der Waals surface area contributed by atoms with Crippen LogP contribution in [0.15, 0.2) is 28.7 Å². The fourth-order valence-corrected chi connectivity index (χ4v) is 3.39. The number of nitrogens with one attached hydrogen (secondary N) is 1. The van der Waals surface area contributed by atoms with Gasteiger partial charge in [0.05, 0.1) is 6.10 Å². The number of β-amino-alcohol motifs (C(OH)–C–C–N with tert-alkyl or cyclic N) is 1. The first-order valence-corrected chi connectivity index (χ1v) is 8.87. The number of benzene rings is 1. The van der Waals surface area contributed by atoms with Gasteiger partial charge in [-0.25, -0.2) is 0 Å². The van der Waals surface area contributed by atoms with Crippen LogP contribution < -0.4 is 5.32 Å². The number of piperidine rings is 1. The molecule has 0 spiro atoms. The van der Waals surface area contributed by atoms with E-state index in [4.69, 9.17) is 0 Å². The topological polar surface area (TPSA) is 35.5 Å². The van der Waals surface area contributed by atoms with E-state index in [1.807, 2.05) is 0 Å². The molecule has 0 bridgehead atoms. The van der Waals surface area contributed by atoms with Crippen LogP contribution in [0, 0.1) is 0 Å². The molecule has 1 aliphatic heterocycles. The van der Waals surface area contributed by atoms with Crippen molar-refractivity contribution < 1.29 is 5.11 Å². The molecule has 0 aromatic heterocycles. The lowest BCUT2D eigenvalue weighted by molar-refractivity contribution is 0.0685. The zero-order valence-electron chi connectivity index (χ0n) is 12.9. The van der Waals surface area contributed by atoms with Crippen LogP contribution in [-0.2, 0) is 0 Å². The van der Waals surface area contributed by atoms with E-state index in [0.717, 1.165) is 56.3 Å². The minimum atomic E-state index is -0.133. The third-order valence-corrected chi connectivity index (χ3v) is 4.60. The second kappa shape index (κ2) is 8.89. The molecule has 1 aliphatic rings. The standard InChI is InChI=1S/C17H27BrN2O/c1-2-9-19-17(14-5-3-6-15(18)12-14)8-11-20-10-4-7-16(21)13-20/h3,5-6,12,16-17,19,21H,2,4,7-11,13H2,1H3. The molecule has 2 unspecified atom stereocenters. The van der Waals surface area contributed by atoms with Crippen molar-refractivity contribution in [3.8, 4) is 0 Å². The zero-order chi connectivity index (χ0) is 15.1. The molecule has 2 rings (SSSR count). The summed E-state index contributed by atoms with van der Waals surface area (Å²) in [7, 11) is 0. The molecule has 3 nitrogen and oxygen atoms in total. The van der Waals surface area contributed by atoms with Crippen LogP contribution in [0.3, 0.4) is 0 Å². The summed E-state index contributed by atoms with van der Waals surface area (Å²) in [5, 5.41) is 13.4. The van der Waals surface area contributed by atoms with Gasteiger partial charge in [0.1, 0.15) is 0 Å². The first kappa shape index (κ1) is 16.9. The number of rotatable bonds is 7. The molecule has 1 heterocycles. The number of hydrogen-bond donors (Lipinski definition) is 2. The molecular formula is C17H27BrN2O. The molecule has 1 fully saturated rings. The highest BCUT2D eigenvalue weighted by Crippen LogP contribution is 2.22. The summed E-state index contributed by atoms with van der Waals surface area (Å²) >= 11 is 3.56. The predicted molar refractivity (Wildman–Crippen MR) is 91.5 cm³/mol. The molecule has 1 aromatic carbocycles. The first-order valence-electron chi connectivity index (χ1n) is 8.08. The van der Waals surface area contributed by atoms with Crippen LogP contribution in [0.1, 0.15) is 44.2 Å². The van der Waals surface area contributed by atoms with E-state index in [9.17, 15) is 5.11 Å². The van der Waals surface area contributed by atoms with Crippen molar-refractivity contribution in [3.63, 3.8) is 0 Å². The van der Waals surface area contributed by atoms with Crippen LogP contribution in [-0.4, -0.2) is 42.3 Å². The van der Waals surface area contributed by atoms with Crippen LogP contribution in [0.2, 0.25) is 0 Å². The van der Waals surface area contributed by atoms with Gasteiger partial charge in [-0.15, -0.1) is 0 Å². The minimum absolute atomic E-state index is 0.133. The Bertz CT molecular complexity index is 427. The summed E-state index contributed by atoms with van der Waals surface area (Å²) in [5.41, 5.74) is 1.34. The number of likely N-dealkylation sites (tertiary alicyclic amines) is 1. The molecule has 1 saturated heterocycles. The molecule has 21 heavy (non-hydrogen) atoms. The van der Waals surface area contributed by atoms with Crippen LogP contribution in [0.25, 0.3) is 0 Å². The third kappa shape index (κ3) is 5.70. The SMILES string of the molecule is CCCNC(CCN1CCCC(O)C1)c1cccc(Br)c1. The Morgan fingerprint density at radius 1 is 1.48 bits per heavy atom. The fourth-order valence-electron chi connectivity index (χ4n) is 2.97. The monoisotopic (exact) mass is 354 g/mol. The third-order valence-electron chi connectivity index (χ3n) is 4.11. The van der Waals surface area contributed by atoms with Gasteiger partial charge >= 0.3 is 0 Å². The molecule has 0 amide bonds. The smallest absolute Gasteiger partial charge is 0.0667 e. The van der Waals surface area contributed by atoms with Gasteiger partial charge in [0.25, 0.3) is 0 Å². The van der Waals surface area contributed by atoms with Gasteiger partial charge in [-0.3, -0.25) is 0 Å². The van der Waals surface area contributed by atoms with E-state index in [1.165, 1.54) is 5.56 Å². The summed E-state index contributed by atoms with van der Waals surface area (Å²) in [6, 6.07) is 8.97. The lowest BCUT2D eigenvalue weighted by Crippen LogP contribution is -2.39. The largest absolute Gasteiger partial charge is 0.392 e. The van der Waals surface area contributed by atoms with E-state index < -0.39 is 0 Å². The number of hydrogen-bond acceptors (Lipinski definition) is 3. The molecule has 118 valence electrons. The van der Waals surface area contributed by atoms with Crippen molar-refractivity contribution in [2.75, 3.05) is 26.2 Å². The molecule has 2 N–H and O–H groups in total. The highest BCUT2D eigenvalue weighted by atomic mass is 79.9. The Morgan fingerprint density at radius 2 is 2.33 bits per heavy atom. The second-order valence-electron chi connectivity index (χ2n) is 5.95.